The second-order valence-electron chi connectivity index (χ2n) is 5.44. The Hall–Kier alpha value is -0.260. The molecule has 0 aromatic heterocycles. The Balaban J connectivity index is 1.89. The van der Waals surface area contributed by atoms with Crippen molar-refractivity contribution in [1.82, 2.24) is 10.2 Å². The number of carbonyl (C=O) groups excluding carboxylic acids is 1. The van der Waals surface area contributed by atoms with Gasteiger partial charge in [0.1, 0.15) is 0 Å². The van der Waals surface area contributed by atoms with Gasteiger partial charge in [0, 0.05) is 49.1 Å². The molecule has 3 atom stereocenters. The van der Waals surface area contributed by atoms with Crippen molar-refractivity contribution in [2.24, 2.45) is 5.73 Å². The summed E-state index contributed by atoms with van der Waals surface area (Å²) in [6.07, 6.45) is 4.03. The van der Waals surface area contributed by atoms with E-state index in [0.29, 0.717) is 12.5 Å². The largest absolute Gasteiger partial charge is 0.338 e. The number of carbonyl (C=O) groups is 1. The van der Waals surface area contributed by atoms with E-state index in [1.807, 2.05) is 23.6 Å². The molecule has 18 heavy (non-hydrogen) atoms. The first-order valence-corrected chi connectivity index (χ1v) is 8.20. The molecule has 0 aromatic carbocycles. The second-order valence-corrected chi connectivity index (χ2v) is 6.59. The van der Waals surface area contributed by atoms with Crippen LogP contribution >= 0.6 is 11.8 Å². The van der Waals surface area contributed by atoms with Crippen molar-refractivity contribution in [3.8, 4) is 0 Å². The van der Waals surface area contributed by atoms with Gasteiger partial charge in [-0.15, -0.1) is 0 Å². The molecule has 2 saturated heterocycles. The van der Waals surface area contributed by atoms with Gasteiger partial charge in [0.25, 0.3) is 0 Å². The van der Waals surface area contributed by atoms with Crippen LogP contribution in [0.25, 0.3) is 0 Å². The molecule has 0 aliphatic carbocycles. The molecule has 0 aromatic rings. The predicted octanol–water partition coefficient (Wildman–Crippen LogP) is 0.810. The smallest absolute Gasteiger partial charge is 0.224 e. The van der Waals surface area contributed by atoms with E-state index in [2.05, 4.69) is 5.32 Å². The number of nitrogens with zero attached hydrogens (tertiary/aromatic N) is 1. The molecule has 0 spiro atoms. The van der Waals surface area contributed by atoms with Gasteiger partial charge in [-0.3, -0.25) is 4.79 Å². The summed E-state index contributed by atoms with van der Waals surface area (Å²) in [5.74, 6) is 2.51. The van der Waals surface area contributed by atoms with Crippen molar-refractivity contribution in [1.29, 1.82) is 0 Å². The van der Waals surface area contributed by atoms with E-state index < -0.39 is 0 Å². The Morgan fingerprint density at radius 1 is 1.56 bits per heavy atom. The van der Waals surface area contributed by atoms with Crippen molar-refractivity contribution in [2.45, 2.75) is 50.7 Å². The Bertz CT molecular complexity index is 279. The minimum atomic E-state index is 0.0861. The van der Waals surface area contributed by atoms with E-state index in [9.17, 15) is 4.79 Å². The maximum atomic E-state index is 12.4. The summed E-state index contributed by atoms with van der Waals surface area (Å²) >= 11 is 1.94. The van der Waals surface area contributed by atoms with Gasteiger partial charge < -0.3 is 16.0 Å². The van der Waals surface area contributed by atoms with E-state index >= 15 is 0 Å². The molecule has 3 N–H and O–H groups in total. The summed E-state index contributed by atoms with van der Waals surface area (Å²) in [6, 6.07) is 0.692. The van der Waals surface area contributed by atoms with Gasteiger partial charge in [-0.05, 0) is 26.2 Å². The van der Waals surface area contributed by atoms with Gasteiger partial charge in [0.2, 0.25) is 5.91 Å². The third-order valence-electron chi connectivity index (χ3n) is 3.90. The van der Waals surface area contributed by atoms with Crippen LogP contribution in [0.15, 0.2) is 0 Å². The third kappa shape index (κ3) is 3.62. The highest BCUT2D eigenvalue weighted by Crippen LogP contribution is 2.21. The zero-order valence-electron chi connectivity index (χ0n) is 11.2. The number of thioether (sulfide) groups is 1. The fraction of sp³-hybridized carbons (Fsp3) is 0.923. The van der Waals surface area contributed by atoms with E-state index in [0.717, 1.165) is 37.4 Å². The lowest BCUT2D eigenvalue weighted by Gasteiger charge is -2.39. The predicted molar refractivity (Wildman–Crippen MR) is 76.7 cm³/mol. The molecular weight excluding hydrogens is 246 g/mol. The summed E-state index contributed by atoms with van der Waals surface area (Å²) in [6.45, 7) is 3.94. The van der Waals surface area contributed by atoms with Crippen LogP contribution in [0.3, 0.4) is 0 Å². The number of amides is 1. The standard InChI is InChI=1S/C13H25N3OS/c1-10(14)12-4-2-3-6-16(12)13(17)8-11-9-18-7-5-15-11/h10-12,15H,2-9,14H2,1H3. The van der Waals surface area contributed by atoms with E-state index in [4.69, 9.17) is 5.73 Å². The number of piperidine rings is 1. The molecule has 5 heteroatoms. The lowest BCUT2D eigenvalue weighted by Crippen LogP contribution is -2.53. The summed E-state index contributed by atoms with van der Waals surface area (Å²) < 4.78 is 0. The molecule has 4 nitrogen and oxygen atoms in total. The highest BCUT2D eigenvalue weighted by Gasteiger charge is 2.30. The zero-order chi connectivity index (χ0) is 13.0. The maximum absolute atomic E-state index is 12.4. The van der Waals surface area contributed by atoms with Gasteiger partial charge in [0.15, 0.2) is 0 Å². The van der Waals surface area contributed by atoms with E-state index in [1.54, 1.807) is 0 Å². The number of nitrogens with two attached hydrogens (primary N) is 1. The van der Waals surface area contributed by atoms with Gasteiger partial charge in [-0.1, -0.05) is 0 Å². The summed E-state index contributed by atoms with van der Waals surface area (Å²) in [4.78, 5) is 14.4. The Morgan fingerprint density at radius 3 is 3.06 bits per heavy atom. The Labute approximate surface area is 114 Å². The molecule has 2 aliphatic heterocycles. The van der Waals surface area contributed by atoms with Gasteiger partial charge >= 0.3 is 0 Å². The molecule has 2 rings (SSSR count). The molecule has 3 unspecified atom stereocenters. The summed E-state index contributed by atoms with van der Waals surface area (Å²) in [5, 5.41) is 3.43. The lowest BCUT2D eigenvalue weighted by atomic mass is 9.96. The molecule has 1 amide bonds. The molecule has 0 bridgehead atoms. The quantitative estimate of drug-likeness (QED) is 0.797. The lowest BCUT2D eigenvalue weighted by molar-refractivity contribution is -0.135. The first-order valence-electron chi connectivity index (χ1n) is 7.04. The van der Waals surface area contributed by atoms with E-state index in [1.165, 1.54) is 6.42 Å². The van der Waals surface area contributed by atoms with Crippen molar-refractivity contribution >= 4 is 17.7 Å². The minimum Gasteiger partial charge on any atom is -0.338 e. The van der Waals surface area contributed by atoms with E-state index in [-0.39, 0.29) is 18.0 Å². The monoisotopic (exact) mass is 271 g/mol. The fourth-order valence-electron chi connectivity index (χ4n) is 2.89. The topological polar surface area (TPSA) is 58.4 Å². The fourth-order valence-corrected chi connectivity index (χ4v) is 3.84. The number of hydrogen-bond acceptors (Lipinski definition) is 4. The third-order valence-corrected chi connectivity index (χ3v) is 5.03. The summed E-state index contributed by atoms with van der Waals surface area (Å²) in [7, 11) is 0. The maximum Gasteiger partial charge on any atom is 0.224 e. The van der Waals surface area contributed by atoms with Crippen LogP contribution in [-0.4, -0.2) is 53.5 Å². The highest BCUT2D eigenvalue weighted by molar-refractivity contribution is 7.99. The average molecular weight is 271 g/mol. The number of nitrogens with one attached hydrogen (secondary N) is 1. The molecule has 0 saturated carbocycles. The van der Waals surface area contributed by atoms with Crippen LogP contribution in [-0.2, 0) is 4.79 Å². The number of rotatable bonds is 3. The van der Waals surface area contributed by atoms with Crippen molar-refractivity contribution in [2.75, 3.05) is 24.6 Å². The summed E-state index contributed by atoms with van der Waals surface area (Å²) in [5.41, 5.74) is 6.01. The van der Waals surface area contributed by atoms with Gasteiger partial charge in [-0.25, -0.2) is 0 Å². The van der Waals surface area contributed by atoms with Crippen LogP contribution in [0.5, 0.6) is 0 Å². The molecule has 0 radical (unpaired) electrons. The number of hydrogen-bond donors (Lipinski definition) is 2. The van der Waals surface area contributed by atoms with Crippen LogP contribution < -0.4 is 11.1 Å². The Kier molecular flexibility index (Phi) is 5.33. The first kappa shape index (κ1) is 14.2. The van der Waals surface area contributed by atoms with Crippen molar-refractivity contribution in [3.63, 3.8) is 0 Å². The molecule has 104 valence electrons. The van der Waals surface area contributed by atoms with Crippen LogP contribution in [0, 0.1) is 0 Å². The van der Waals surface area contributed by atoms with Gasteiger partial charge in [0.05, 0.1) is 0 Å². The van der Waals surface area contributed by atoms with Crippen LogP contribution in [0.2, 0.25) is 0 Å². The zero-order valence-corrected chi connectivity index (χ0v) is 12.0. The molecular formula is C13H25N3OS. The van der Waals surface area contributed by atoms with Gasteiger partial charge in [-0.2, -0.15) is 11.8 Å². The first-order chi connectivity index (χ1) is 8.68. The number of likely N-dealkylation sites (tertiary alicyclic amines) is 1. The van der Waals surface area contributed by atoms with Crippen molar-refractivity contribution in [3.05, 3.63) is 0 Å². The minimum absolute atomic E-state index is 0.0861. The van der Waals surface area contributed by atoms with Crippen molar-refractivity contribution < 1.29 is 4.79 Å². The highest BCUT2D eigenvalue weighted by atomic mass is 32.2. The van der Waals surface area contributed by atoms with Crippen LogP contribution in [0.1, 0.15) is 32.6 Å². The molecule has 2 heterocycles. The normalized spacial score (nSPS) is 31.1. The average Bonchev–Trinajstić information content (AvgIpc) is 2.40. The second kappa shape index (κ2) is 6.78. The van der Waals surface area contributed by atoms with Crippen LogP contribution in [0.4, 0.5) is 0 Å². The molecule has 2 fully saturated rings. The SMILES string of the molecule is CC(N)C1CCCCN1C(=O)CC1CSCCN1. The molecule has 2 aliphatic rings. The Morgan fingerprint density at radius 2 is 2.39 bits per heavy atom.